The molecule has 3 N–H and O–H groups in total. The van der Waals surface area contributed by atoms with E-state index in [4.69, 9.17) is 5.73 Å². The lowest BCUT2D eigenvalue weighted by atomic mass is 10.2. The van der Waals surface area contributed by atoms with E-state index in [0.717, 1.165) is 15.0 Å². The molecular weight excluding hydrogens is 266 g/mol. The number of nitrogens with two attached hydrogens (primary N) is 1. The number of aryl methyl sites for hydroxylation is 2. The number of primary amides is 1. The summed E-state index contributed by atoms with van der Waals surface area (Å²) in [7, 11) is 0. The van der Waals surface area contributed by atoms with Gasteiger partial charge in [-0.25, -0.2) is 9.36 Å². The monoisotopic (exact) mass is 281 g/mol. The molecule has 19 heavy (non-hydrogen) atoms. The van der Waals surface area contributed by atoms with E-state index in [0.29, 0.717) is 16.6 Å². The van der Waals surface area contributed by atoms with Crippen LogP contribution < -0.4 is 17.0 Å². The minimum Gasteiger partial charge on any atom is -0.368 e. The van der Waals surface area contributed by atoms with Crippen LogP contribution in [0.15, 0.2) is 9.59 Å². The van der Waals surface area contributed by atoms with Gasteiger partial charge in [0.05, 0.1) is 5.39 Å². The predicted molar refractivity (Wildman–Crippen MR) is 74.7 cm³/mol. The van der Waals surface area contributed by atoms with Crippen LogP contribution in [0.2, 0.25) is 0 Å². The van der Waals surface area contributed by atoms with Crippen molar-refractivity contribution in [3.8, 4) is 0 Å². The van der Waals surface area contributed by atoms with Gasteiger partial charge in [-0.1, -0.05) is 6.92 Å². The van der Waals surface area contributed by atoms with Crippen molar-refractivity contribution in [2.24, 2.45) is 5.73 Å². The fraction of sp³-hybridized carbons (Fsp3) is 0.417. The molecule has 1 atom stereocenters. The molecule has 102 valence electrons. The maximum atomic E-state index is 12.4. The van der Waals surface area contributed by atoms with Gasteiger partial charge >= 0.3 is 5.69 Å². The molecule has 0 aliphatic heterocycles. The van der Waals surface area contributed by atoms with Gasteiger partial charge in [-0.3, -0.25) is 14.6 Å². The van der Waals surface area contributed by atoms with Crippen LogP contribution in [0.5, 0.6) is 0 Å². The maximum absolute atomic E-state index is 12.4. The molecule has 1 unspecified atom stereocenters. The van der Waals surface area contributed by atoms with Crippen molar-refractivity contribution in [1.29, 1.82) is 0 Å². The van der Waals surface area contributed by atoms with Gasteiger partial charge in [-0.05, 0) is 25.8 Å². The number of fused-ring (bicyclic) bond motifs is 1. The van der Waals surface area contributed by atoms with Gasteiger partial charge in [-0.2, -0.15) is 0 Å². The molecule has 0 fully saturated rings. The third-order valence-corrected chi connectivity index (χ3v) is 4.41. The summed E-state index contributed by atoms with van der Waals surface area (Å²) in [6.45, 7) is 5.41. The molecule has 0 bridgehead atoms. The second kappa shape index (κ2) is 4.65. The van der Waals surface area contributed by atoms with Crippen LogP contribution in [-0.2, 0) is 4.79 Å². The second-order valence-corrected chi connectivity index (χ2v) is 5.64. The van der Waals surface area contributed by atoms with Gasteiger partial charge in [0.1, 0.15) is 10.9 Å². The highest BCUT2D eigenvalue weighted by atomic mass is 32.1. The summed E-state index contributed by atoms with van der Waals surface area (Å²) >= 11 is 1.36. The Morgan fingerprint density at radius 1 is 1.42 bits per heavy atom. The molecular formula is C12H15N3O3S. The standard InChI is InChI=1S/C12H15N3O3S/c1-4-7(9(13)16)15-11(17)8-5(2)6(3)19-10(8)14-12(15)18/h7H,4H2,1-3H3,(H2,13,16)(H,14,18). The van der Waals surface area contributed by atoms with E-state index in [9.17, 15) is 14.4 Å². The number of nitrogens with zero attached hydrogens (tertiary/aromatic N) is 1. The minimum absolute atomic E-state index is 0.298. The maximum Gasteiger partial charge on any atom is 0.330 e. The number of carbonyl (C=O) groups excluding carboxylic acids is 1. The number of aromatic nitrogens is 2. The fourth-order valence-electron chi connectivity index (χ4n) is 2.14. The third kappa shape index (κ3) is 1.99. The first-order valence-corrected chi connectivity index (χ1v) is 6.74. The molecule has 7 heteroatoms. The Morgan fingerprint density at radius 3 is 2.58 bits per heavy atom. The molecule has 0 radical (unpaired) electrons. The lowest BCUT2D eigenvalue weighted by Gasteiger charge is -2.13. The van der Waals surface area contributed by atoms with E-state index in [2.05, 4.69) is 4.98 Å². The number of amides is 1. The van der Waals surface area contributed by atoms with Crippen molar-refractivity contribution in [3.63, 3.8) is 0 Å². The molecule has 2 aromatic rings. The van der Waals surface area contributed by atoms with Crippen LogP contribution in [0.4, 0.5) is 0 Å². The van der Waals surface area contributed by atoms with Crippen LogP contribution >= 0.6 is 11.3 Å². The Balaban J connectivity index is 2.90. The first kappa shape index (κ1) is 13.5. The van der Waals surface area contributed by atoms with E-state index >= 15 is 0 Å². The van der Waals surface area contributed by atoms with Crippen molar-refractivity contribution < 1.29 is 4.79 Å². The summed E-state index contributed by atoms with van der Waals surface area (Å²) in [5.74, 6) is -0.681. The minimum atomic E-state index is -0.916. The molecule has 2 rings (SSSR count). The number of aromatic amines is 1. The molecule has 2 aromatic heterocycles. The van der Waals surface area contributed by atoms with Crippen molar-refractivity contribution >= 4 is 27.5 Å². The van der Waals surface area contributed by atoms with Crippen LogP contribution in [0.1, 0.15) is 29.8 Å². The van der Waals surface area contributed by atoms with Gasteiger partial charge in [0.2, 0.25) is 5.91 Å². The van der Waals surface area contributed by atoms with Gasteiger partial charge in [-0.15, -0.1) is 11.3 Å². The van der Waals surface area contributed by atoms with Gasteiger partial charge in [0.25, 0.3) is 5.56 Å². The summed E-state index contributed by atoms with van der Waals surface area (Å²) in [5, 5.41) is 0.460. The molecule has 0 spiro atoms. The Bertz CT molecular complexity index is 769. The quantitative estimate of drug-likeness (QED) is 0.870. The molecule has 1 amide bonds. The van der Waals surface area contributed by atoms with Crippen LogP contribution in [0.3, 0.4) is 0 Å². The van der Waals surface area contributed by atoms with Crippen LogP contribution in [0.25, 0.3) is 10.2 Å². The zero-order valence-electron chi connectivity index (χ0n) is 10.9. The molecule has 2 heterocycles. The van der Waals surface area contributed by atoms with E-state index in [1.54, 1.807) is 6.92 Å². The zero-order chi connectivity index (χ0) is 14.3. The fourth-order valence-corrected chi connectivity index (χ4v) is 3.18. The van der Waals surface area contributed by atoms with E-state index < -0.39 is 23.2 Å². The summed E-state index contributed by atoms with van der Waals surface area (Å²) in [5.41, 5.74) is 5.04. The largest absolute Gasteiger partial charge is 0.368 e. The van der Waals surface area contributed by atoms with E-state index in [-0.39, 0.29) is 0 Å². The Kier molecular flexibility index (Phi) is 3.32. The van der Waals surface area contributed by atoms with Crippen molar-refractivity contribution in [1.82, 2.24) is 9.55 Å². The first-order chi connectivity index (χ1) is 8.88. The number of H-pyrrole nitrogens is 1. The molecule has 0 aliphatic rings. The Labute approximate surface area is 112 Å². The summed E-state index contributed by atoms with van der Waals surface area (Å²) in [4.78, 5) is 39.9. The Hall–Kier alpha value is -1.89. The average Bonchev–Trinajstić information content (AvgIpc) is 2.59. The van der Waals surface area contributed by atoms with Gasteiger partial charge in [0.15, 0.2) is 0 Å². The number of carbonyl (C=O) groups is 1. The summed E-state index contributed by atoms with van der Waals surface area (Å²) < 4.78 is 0.920. The third-order valence-electron chi connectivity index (χ3n) is 3.28. The Morgan fingerprint density at radius 2 is 2.05 bits per heavy atom. The van der Waals surface area contributed by atoms with Crippen LogP contribution in [0, 0.1) is 13.8 Å². The highest BCUT2D eigenvalue weighted by Crippen LogP contribution is 2.25. The number of hydrogen-bond donors (Lipinski definition) is 2. The molecule has 0 saturated heterocycles. The van der Waals surface area contributed by atoms with Crippen LogP contribution in [-0.4, -0.2) is 15.5 Å². The molecule has 6 nitrogen and oxygen atoms in total. The van der Waals surface area contributed by atoms with Crippen molar-refractivity contribution in [2.45, 2.75) is 33.2 Å². The van der Waals surface area contributed by atoms with E-state index in [1.807, 2.05) is 13.8 Å². The highest BCUT2D eigenvalue weighted by Gasteiger charge is 2.22. The van der Waals surface area contributed by atoms with E-state index in [1.165, 1.54) is 11.3 Å². The summed E-state index contributed by atoms with van der Waals surface area (Å²) in [6.07, 6.45) is 0.298. The van der Waals surface area contributed by atoms with Crippen molar-refractivity contribution in [3.05, 3.63) is 31.3 Å². The molecule has 0 aliphatic carbocycles. The topological polar surface area (TPSA) is 97.9 Å². The number of nitrogens with one attached hydrogen (secondary N) is 1. The lowest BCUT2D eigenvalue weighted by molar-refractivity contribution is -0.121. The summed E-state index contributed by atoms with van der Waals surface area (Å²) in [6, 6.07) is -0.916. The average molecular weight is 281 g/mol. The second-order valence-electron chi connectivity index (χ2n) is 4.42. The molecule has 0 aromatic carbocycles. The van der Waals surface area contributed by atoms with Gasteiger partial charge < -0.3 is 5.73 Å². The molecule has 0 saturated carbocycles. The SMILES string of the molecule is CCC(C(N)=O)n1c(=O)[nH]c2sc(C)c(C)c2c1=O. The highest BCUT2D eigenvalue weighted by molar-refractivity contribution is 7.18. The number of hydrogen-bond acceptors (Lipinski definition) is 4. The zero-order valence-corrected chi connectivity index (χ0v) is 11.8. The number of rotatable bonds is 3. The first-order valence-electron chi connectivity index (χ1n) is 5.92. The predicted octanol–water partition coefficient (Wildman–Crippen LogP) is 0.805. The lowest BCUT2D eigenvalue weighted by Crippen LogP contribution is -2.42. The number of thiophene rings is 1. The van der Waals surface area contributed by atoms with Crippen molar-refractivity contribution in [2.75, 3.05) is 0 Å². The smallest absolute Gasteiger partial charge is 0.330 e. The normalized spacial score (nSPS) is 12.8. The van der Waals surface area contributed by atoms with Gasteiger partial charge in [0, 0.05) is 4.88 Å².